The van der Waals surface area contributed by atoms with E-state index in [1.807, 2.05) is 116 Å². The fourth-order valence-corrected chi connectivity index (χ4v) is 13.2. The van der Waals surface area contributed by atoms with Crippen LogP contribution in [0.15, 0.2) is 103 Å². The summed E-state index contributed by atoms with van der Waals surface area (Å²) in [6.45, 7) is 7.68. The molecule has 3 fully saturated rings. The summed E-state index contributed by atoms with van der Waals surface area (Å²) < 4.78 is 7.15. The van der Waals surface area contributed by atoms with Gasteiger partial charge in [0.15, 0.2) is 13.9 Å². The third-order valence-electron chi connectivity index (χ3n) is 13.4. The molecule has 11 nitrogen and oxygen atoms in total. The normalized spacial score (nSPS) is 26.8. The zero-order chi connectivity index (χ0) is 39.7. The fourth-order valence-electron chi connectivity index (χ4n) is 10.7. The van der Waals surface area contributed by atoms with E-state index in [1.165, 1.54) is 0 Å². The lowest BCUT2D eigenvalue weighted by atomic mass is 9.82. The van der Waals surface area contributed by atoms with Crippen LogP contribution >= 0.6 is 0 Å². The second kappa shape index (κ2) is 14.2. The van der Waals surface area contributed by atoms with Crippen molar-refractivity contribution in [2.75, 3.05) is 41.1 Å². The van der Waals surface area contributed by atoms with E-state index in [9.17, 15) is 19.5 Å². The van der Waals surface area contributed by atoms with Crippen LogP contribution in [0.3, 0.4) is 0 Å². The van der Waals surface area contributed by atoms with Crippen molar-refractivity contribution in [2.45, 2.75) is 81.1 Å². The lowest BCUT2D eigenvalue weighted by Gasteiger charge is -2.39. The Kier molecular flexibility index (Phi) is 9.40. The number of nitrogens with one attached hydrogen (secondary N) is 1. The fraction of sp³-hybridized carbons (Fsp3) is 0.400. The van der Waals surface area contributed by atoms with Crippen LogP contribution in [0, 0.1) is 5.92 Å². The molecule has 5 aliphatic heterocycles. The Balaban J connectivity index is 1.12. The quantitative estimate of drug-likeness (QED) is 0.212. The van der Waals surface area contributed by atoms with Gasteiger partial charge in [-0.3, -0.25) is 24.2 Å². The SMILES string of the molecule is C[C@@H]1[C@@H]([Si](C)(C)O)[C@H](CC(=O)N2Cc3ccccc3C[C@H]2CO)O[C@@]12C(=O)N(c1ccccc1)c1ccc(N3CN(c4ccccc4)C4(CCNCC4)C3=O)cc12. The molecule has 4 aromatic rings. The van der Waals surface area contributed by atoms with Gasteiger partial charge in [-0.15, -0.1) is 0 Å². The van der Waals surface area contributed by atoms with E-state index in [1.54, 1.807) is 9.80 Å². The van der Waals surface area contributed by atoms with E-state index >= 15 is 4.79 Å². The molecule has 0 aliphatic carbocycles. The standard InChI is InChI=1S/C45H51N5O6Si/c1-30-41(57(2,3)55)39(26-40(52)47-27-32-13-11-10-12-31(32)24-36(47)28-51)56-45(30)37-25-35(18-19-38(37)50(43(45)54)34-16-8-5-9-17-34)48-29-49(33-14-6-4-7-15-33)44(42(48)53)20-22-46-23-21-44/h4-19,25,30,36,39,41,46,51,55H,20-24,26-29H2,1-3H3/t30-,36+,39+,41-,45+/m1/s1. The molecule has 9 rings (SSSR count). The molecule has 5 heterocycles. The number of aliphatic hydroxyl groups excluding tert-OH is 1. The molecule has 0 aromatic heterocycles. The van der Waals surface area contributed by atoms with Gasteiger partial charge in [0.1, 0.15) is 5.54 Å². The summed E-state index contributed by atoms with van der Waals surface area (Å²) in [5.41, 5.74) is 3.04. The Morgan fingerprint density at radius 3 is 2.18 bits per heavy atom. The zero-order valence-electron chi connectivity index (χ0n) is 32.8. The van der Waals surface area contributed by atoms with Crippen LogP contribution < -0.4 is 20.0 Å². The molecule has 4 aromatic carbocycles. The summed E-state index contributed by atoms with van der Waals surface area (Å²) >= 11 is 0. The van der Waals surface area contributed by atoms with Gasteiger partial charge in [-0.25, -0.2) is 0 Å². The lowest BCUT2D eigenvalue weighted by Crippen LogP contribution is -2.55. The smallest absolute Gasteiger partial charge is 0.268 e. The van der Waals surface area contributed by atoms with Crippen molar-refractivity contribution < 1.29 is 29.0 Å². The highest BCUT2D eigenvalue weighted by molar-refractivity contribution is 6.71. The van der Waals surface area contributed by atoms with E-state index in [0.29, 0.717) is 55.1 Å². The van der Waals surface area contributed by atoms with E-state index in [2.05, 4.69) is 22.3 Å². The van der Waals surface area contributed by atoms with Gasteiger partial charge >= 0.3 is 0 Å². The number of para-hydroxylation sites is 2. The molecule has 57 heavy (non-hydrogen) atoms. The summed E-state index contributed by atoms with van der Waals surface area (Å²) in [5.74, 6) is -0.950. The Labute approximate surface area is 335 Å². The number of aliphatic hydroxyl groups is 1. The molecule has 2 spiro atoms. The van der Waals surface area contributed by atoms with Gasteiger partial charge in [0.2, 0.25) is 5.91 Å². The van der Waals surface area contributed by atoms with Crippen molar-refractivity contribution in [2.24, 2.45) is 5.92 Å². The first-order valence-corrected chi connectivity index (χ1v) is 23.3. The Hall–Kier alpha value is -4.85. The Bertz CT molecular complexity index is 2190. The van der Waals surface area contributed by atoms with Crippen LogP contribution in [0.25, 0.3) is 0 Å². The third kappa shape index (κ3) is 5.95. The zero-order valence-corrected chi connectivity index (χ0v) is 33.8. The van der Waals surface area contributed by atoms with Crippen molar-refractivity contribution in [1.29, 1.82) is 0 Å². The van der Waals surface area contributed by atoms with Gasteiger partial charge in [-0.05, 0) is 99.0 Å². The lowest BCUT2D eigenvalue weighted by molar-refractivity contribution is -0.150. The molecule has 3 N–H and O–H groups in total. The highest BCUT2D eigenvalue weighted by atomic mass is 28.4. The van der Waals surface area contributed by atoms with Gasteiger partial charge in [-0.1, -0.05) is 67.6 Å². The topological polar surface area (TPSA) is 126 Å². The van der Waals surface area contributed by atoms with Crippen molar-refractivity contribution in [3.05, 3.63) is 120 Å². The van der Waals surface area contributed by atoms with E-state index in [4.69, 9.17) is 4.74 Å². The number of piperidine rings is 1. The van der Waals surface area contributed by atoms with Gasteiger partial charge in [-0.2, -0.15) is 0 Å². The average molecular weight is 786 g/mol. The van der Waals surface area contributed by atoms with Crippen LogP contribution in [0.1, 0.15) is 42.9 Å². The first-order valence-electron chi connectivity index (χ1n) is 20.2. The molecule has 5 aliphatic rings. The number of hydrogen-bond acceptors (Lipinski definition) is 8. The van der Waals surface area contributed by atoms with Crippen molar-refractivity contribution >= 4 is 48.8 Å². The summed E-state index contributed by atoms with van der Waals surface area (Å²) in [5, 5.41) is 13.9. The number of carbonyl (C=O) groups excluding carboxylic acids is 3. The van der Waals surface area contributed by atoms with E-state index in [-0.39, 0.29) is 36.8 Å². The van der Waals surface area contributed by atoms with Crippen LogP contribution in [0.2, 0.25) is 18.6 Å². The number of fused-ring (bicyclic) bond motifs is 3. The Morgan fingerprint density at radius 1 is 0.860 bits per heavy atom. The predicted octanol–water partition coefficient (Wildman–Crippen LogP) is 5.43. The summed E-state index contributed by atoms with van der Waals surface area (Å²) in [6, 6.07) is 32.9. The highest BCUT2D eigenvalue weighted by Gasteiger charge is 2.67. The number of rotatable bonds is 7. The number of nitrogens with zero attached hydrogens (tertiary/aromatic N) is 4. The number of anilines is 4. The van der Waals surface area contributed by atoms with Crippen LogP contribution in [-0.4, -0.2) is 84.9 Å². The number of ether oxygens (including phenoxy) is 1. The summed E-state index contributed by atoms with van der Waals surface area (Å²) in [4.78, 5) is 64.0. The molecular formula is C45H51N5O6Si. The van der Waals surface area contributed by atoms with E-state index in [0.717, 1.165) is 29.9 Å². The van der Waals surface area contributed by atoms with Crippen molar-refractivity contribution in [3.63, 3.8) is 0 Å². The van der Waals surface area contributed by atoms with Crippen molar-refractivity contribution in [3.8, 4) is 0 Å². The minimum atomic E-state index is -3.11. The van der Waals surface area contributed by atoms with E-state index < -0.39 is 37.0 Å². The van der Waals surface area contributed by atoms with Gasteiger partial charge in [0.25, 0.3) is 11.8 Å². The average Bonchev–Trinajstić information content (AvgIpc) is 3.77. The minimum Gasteiger partial charge on any atom is -0.432 e. The first kappa shape index (κ1) is 37.7. The molecule has 3 saturated heterocycles. The predicted molar refractivity (Wildman–Crippen MR) is 221 cm³/mol. The number of carbonyl (C=O) groups is 3. The summed E-state index contributed by atoms with van der Waals surface area (Å²) in [6.07, 6.45) is 1.06. The van der Waals surface area contributed by atoms with Gasteiger partial charge in [0, 0.05) is 40.6 Å². The third-order valence-corrected chi connectivity index (χ3v) is 15.9. The first-order chi connectivity index (χ1) is 27.5. The molecular weight excluding hydrogens is 735 g/mol. The molecule has 3 amide bonds. The second-order valence-electron chi connectivity index (χ2n) is 17.0. The molecule has 0 unspecified atom stereocenters. The number of hydrogen-bond donors (Lipinski definition) is 3. The molecule has 0 radical (unpaired) electrons. The highest BCUT2D eigenvalue weighted by Crippen LogP contribution is 2.61. The second-order valence-corrected chi connectivity index (χ2v) is 21.0. The van der Waals surface area contributed by atoms with Crippen LogP contribution in [0.4, 0.5) is 22.7 Å². The minimum absolute atomic E-state index is 0.0262. The maximum Gasteiger partial charge on any atom is 0.268 e. The molecule has 296 valence electrons. The summed E-state index contributed by atoms with van der Waals surface area (Å²) in [7, 11) is -3.11. The molecule has 5 atom stereocenters. The monoisotopic (exact) mass is 785 g/mol. The molecule has 12 heteroatoms. The van der Waals surface area contributed by atoms with Gasteiger partial charge in [0.05, 0.1) is 37.5 Å². The largest absolute Gasteiger partial charge is 0.432 e. The van der Waals surface area contributed by atoms with Gasteiger partial charge < -0.3 is 29.8 Å². The van der Waals surface area contributed by atoms with Crippen LogP contribution in [-0.2, 0) is 37.7 Å². The maximum absolute atomic E-state index is 15.3. The number of amides is 3. The molecule has 0 saturated carbocycles. The molecule has 0 bridgehead atoms. The number of benzene rings is 4. The van der Waals surface area contributed by atoms with Crippen LogP contribution in [0.5, 0.6) is 0 Å². The Morgan fingerprint density at radius 2 is 1.51 bits per heavy atom. The van der Waals surface area contributed by atoms with Crippen molar-refractivity contribution in [1.82, 2.24) is 10.2 Å². The maximum atomic E-state index is 15.3.